The second-order valence-corrected chi connectivity index (χ2v) is 9.23. The highest BCUT2D eigenvalue weighted by atomic mass is 35.5. The van der Waals surface area contributed by atoms with Gasteiger partial charge in [0.2, 0.25) is 0 Å². The molecule has 0 atom stereocenters. The van der Waals surface area contributed by atoms with Gasteiger partial charge >= 0.3 is 0 Å². The van der Waals surface area contributed by atoms with Crippen LogP contribution in [0, 0.1) is 0 Å². The molecule has 0 bridgehead atoms. The number of hydrogen-bond acceptors (Lipinski definition) is 2. The van der Waals surface area contributed by atoms with Gasteiger partial charge in [-0.3, -0.25) is 4.55 Å². The van der Waals surface area contributed by atoms with Crippen LogP contribution in [0.5, 0.6) is 0 Å². The number of benzene rings is 4. The van der Waals surface area contributed by atoms with Crippen LogP contribution in [-0.2, 0) is 10.1 Å². The Morgan fingerprint density at radius 1 is 0.576 bits per heavy atom. The van der Waals surface area contributed by atoms with E-state index in [0.29, 0.717) is 10.6 Å². The van der Waals surface area contributed by atoms with Gasteiger partial charge in [0.1, 0.15) is 4.90 Å². The Bertz CT molecular complexity index is 1440. The van der Waals surface area contributed by atoms with Crippen LogP contribution in [0.1, 0.15) is 22.3 Å². The molecule has 4 aromatic rings. The molecule has 3 nitrogen and oxygen atoms in total. The summed E-state index contributed by atoms with van der Waals surface area (Å²) >= 11 is 5.98. The lowest BCUT2D eigenvalue weighted by Gasteiger charge is -2.10. The van der Waals surface area contributed by atoms with Crippen molar-refractivity contribution >= 4 is 46.0 Å². The van der Waals surface area contributed by atoms with Gasteiger partial charge in [0.25, 0.3) is 10.1 Å². The van der Waals surface area contributed by atoms with E-state index in [2.05, 4.69) is 18.2 Å². The predicted molar refractivity (Wildman–Crippen MR) is 137 cm³/mol. The van der Waals surface area contributed by atoms with Crippen molar-refractivity contribution in [3.63, 3.8) is 0 Å². The summed E-state index contributed by atoms with van der Waals surface area (Å²) in [6, 6.07) is 30.0. The Balaban J connectivity index is 1.72. The number of hydrogen-bond donors (Lipinski definition) is 1. The first-order chi connectivity index (χ1) is 15.9. The minimum atomic E-state index is -4.31. The normalized spacial score (nSPS) is 11.9. The summed E-state index contributed by atoms with van der Waals surface area (Å²) in [5.74, 6) is 0. The fraction of sp³-hybridized carbons (Fsp3) is 0. The molecule has 164 valence electrons. The summed E-state index contributed by atoms with van der Waals surface area (Å²) in [6.45, 7) is 0. The van der Waals surface area contributed by atoms with Crippen LogP contribution in [-0.4, -0.2) is 13.0 Å². The summed E-state index contributed by atoms with van der Waals surface area (Å²) in [7, 11) is -4.31. The molecule has 0 spiro atoms. The Morgan fingerprint density at radius 2 is 1.03 bits per heavy atom. The van der Waals surface area contributed by atoms with Crippen LogP contribution in [0.25, 0.3) is 35.4 Å². The first-order valence-corrected chi connectivity index (χ1v) is 12.1. The van der Waals surface area contributed by atoms with E-state index in [1.165, 1.54) is 6.07 Å². The third-order valence-electron chi connectivity index (χ3n) is 5.18. The molecular weight excluding hydrogens is 452 g/mol. The molecule has 0 heterocycles. The topological polar surface area (TPSA) is 54.4 Å². The molecule has 0 aliphatic rings. The monoisotopic (exact) mass is 472 g/mol. The summed E-state index contributed by atoms with van der Waals surface area (Å²) in [4.78, 5) is -0.120. The highest BCUT2D eigenvalue weighted by molar-refractivity contribution is 7.85. The third kappa shape index (κ3) is 5.68. The van der Waals surface area contributed by atoms with E-state index in [-0.39, 0.29) is 4.90 Å². The van der Waals surface area contributed by atoms with Gasteiger partial charge in [-0.25, -0.2) is 0 Å². The molecule has 0 saturated heterocycles. The van der Waals surface area contributed by atoms with E-state index in [0.717, 1.165) is 27.8 Å². The molecule has 0 aromatic heterocycles. The maximum absolute atomic E-state index is 11.7. The zero-order chi connectivity index (χ0) is 23.3. The maximum Gasteiger partial charge on any atom is 0.295 e. The van der Waals surface area contributed by atoms with Crippen LogP contribution >= 0.6 is 11.6 Å². The zero-order valence-electron chi connectivity index (χ0n) is 17.6. The van der Waals surface area contributed by atoms with Gasteiger partial charge in [0.15, 0.2) is 0 Å². The molecule has 1 N–H and O–H groups in total. The Morgan fingerprint density at radius 3 is 1.61 bits per heavy atom. The van der Waals surface area contributed by atoms with E-state index >= 15 is 0 Å². The van der Waals surface area contributed by atoms with Gasteiger partial charge in [-0.1, -0.05) is 115 Å². The van der Waals surface area contributed by atoms with Crippen molar-refractivity contribution in [2.45, 2.75) is 4.90 Å². The fourth-order valence-electron chi connectivity index (χ4n) is 3.57. The van der Waals surface area contributed by atoms with E-state index in [4.69, 9.17) is 11.6 Å². The molecule has 5 heteroatoms. The van der Waals surface area contributed by atoms with Crippen LogP contribution in [0.4, 0.5) is 0 Å². The number of rotatable bonds is 6. The van der Waals surface area contributed by atoms with Crippen molar-refractivity contribution in [1.29, 1.82) is 0 Å². The summed E-state index contributed by atoms with van der Waals surface area (Å²) in [5.41, 5.74) is 5.50. The van der Waals surface area contributed by atoms with E-state index in [1.807, 2.05) is 72.8 Å². The Kier molecular flexibility index (Phi) is 6.90. The smallest absolute Gasteiger partial charge is 0.282 e. The van der Waals surface area contributed by atoms with E-state index in [9.17, 15) is 13.0 Å². The minimum absolute atomic E-state index is 0.120. The van der Waals surface area contributed by atoms with Gasteiger partial charge in [-0.15, -0.1) is 0 Å². The van der Waals surface area contributed by atoms with Gasteiger partial charge in [-0.2, -0.15) is 8.42 Å². The van der Waals surface area contributed by atoms with Gasteiger partial charge in [-0.05, 0) is 51.6 Å². The maximum atomic E-state index is 11.7. The van der Waals surface area contributed by atoms with Crippen molar-refractivity contribution in [2.24, 2.45) is 0 Å². The predicted octanol–water partition coefficient (Wildman–Crippen LogP) is 7.59. The lowest BCUT2D eigenvalue weighted by Crippen LogP contribution is -2.00. The van der Waals surface area contributed by atoms with Gasteiger partial charge in [0.05, 0.1) is 0 Å². The largest absolute Gasteiger partial charge is 0.295 e. The summed E-state index contributed by atoms with van der Waals surface area (Å²) < 4.78 is 33.0. The molecule has 4 aromatic carbocycles. The average molecular weight is 473 g/mol. The molecule has 0 radical (unpaired) electrons. The van der Waals surface area contributed by atoms with Gasteiger partial charge in [0, 0.05) is 5.02 Å². The molecule has 0 unspecified atom stereocenters. The van der Waals surface area contributed by atoms with Crippen LogP contribution < -0.4 is 0 Å². The molecular formula is C28H21ClO3S. The molecule has 0 aliphatic heterocycles. The highest BCUT2D eigenvalue weighted by Gasteiger charge is 2.13. The van der Waals surface area contributed by atoms with Crippen molar-refractivity contribution in [3.05, 3.63) is 124 Å². The first kappa shape index (κ1) is 22.7. The SMILES string of the molecule is O=S(=O)(O)c1ccccc1C=Cc1ccccc1-c1ccccc1C=Cc1ccc(Cl)cc1. The molecule has 33 heavy (non-hydrogen) atoms. The molecule has 0 fully saturated rings. The van der Waals surface area contributed by atoms with Crippen molar-refractivity contribution in [1.82, 2.24) is 0 Å². The number of halogens is 1. The molecule has 4 rings (SSSR count). The Hall–Kier alpha value is -3.44. The van der Waals surface area contributed by atoms with E-state index < -0.39 is 10.1 Å². The van der Waals surface area contributed by atoms with Gasteiger partial charge < -0.3 is 0 Å². The first-order valence-electron chi connectivity index (χ1n) is 10.3. The van der Waals surface area contributed by atoms with Crippen molar-refractivity contribution < 1.29 is 13.0 Å². The van der Waals surface area contributed by atoms with Crippen molar-refractivity contribution in [3.8, 4) is 11.1 Å². The quantitative estimate of drug-likeness (QED) is 0.232. The minimum Gasteiger partial charge on any atom is -0.282 e. The standard InChI is InChI=1S/C28H21ClO3S/c29-25-19-14-21(15-20-25)13-16-22-7-1-4-10-26(22)27-11-5-2-8-23(27)17-18-24-9-3-6-12-28(24)33(30,31)32/h1-20H,(H,30,31,32). The molecule has 0 amide bonds. The fourth-order valence-corrected chi connectivity index (χ4v) is 4.38. The average Bonchev–Trinajstić information content (AvgIpc) is 2.82. The van der Waals surface area contributed by atoms with Crippen LogP contribution in [0.3, 0.4) is 0 Å². The second kappa shape index (κ2) is 10.0. The van der Waals surface area contributed by atoms with E-state index in [1.54, 1.807) is 24.3 Å². The summed E-state index contributed by atoms with van der Waals surface area (Å²) in [5, 5.41) is 0.698. The Labute approximate surface area is 199 Å². The van der Waals surface area contributed by atoms with Crippen LogP contribution in [0.2, 0.25) is 5.02 Å². The lowest BCUT2D eigenvalue weighted by atomic mass is 9.94. The lowest BCUT2D eigenvalue weighted by molar-refractivity contribution is 0.483. The highest BCUT2D eigenvalue weighted by Crippen LogP contribution is 2.30. The third-order valence-corrected chi connectivity index (χ3v) is 6.36. The summed E-state index contributed by atoms with van der Waals surface area (Å²) in [6.07, 6.45) is 7.66. The second-order valence-electron chi connectivity index (χ2n) is 7.41. The van der Waals surface area contributed by atoms with Crippen LogP contribution in [0.15, 0.2) is 102 Å². The zero-order valence-corrected chi connectivity index (χ0v) is 19.2. The van der Waals surface area contributed by atoms with Crippen molar-refractivity contribution in [2.75, 3.05) is 0 Å². The molecule has 0 aliphatic carbocycles. The molecule has 0 saturated carbocycles.